The molecule has 18 heavy (non-hydrogen) atoms. The maximum atomic E-state index is 13.4. The summed E-state index contributed by atoms with van der Waals surface area (Å²) >= 11 is 3.39. The van der Waals surface area contributed by atoms with Gasteiger partial charge in [-0.2, -0.15) is 0 Å². The van der Waals surface area contributed by atoms with Crippen LogP contribution in [0.2, 0.25) is 0 Å². The largest absolute Gasteiger partial charge is 0.369 e. The fraction of sp³-hybridized carbons (Fsp3) is 0. The fourth-order valence-corrected chi connectivity index (χ4v) is 2.29. The van der Waals surface area contributed by atoms with Gasteiger partial charge in [-0.05, 0) is 40.2 Å². The average molecular weight is 307 g/mol. The monoisotopic (exact) mass is 306 g/mol. The van der Waals surface area contributed by atoms with Crippen molar-refractivity contribution in [1.82, 2.24) is 14.5 Å². The Morgan fingerprint density at radius 3 is 2.94 bits per heavy atom. The Balaban J connectivity index is 2.37. The number of fused-ring (bicyclic) bond motifs is 1. The van der Waals surface area contributed by atoms with Gasteiger partial charge in [0.1, 0.15) is 11.3 Å². The minimum Gasteiger partial charge on any atom is -0.369 e. The van der Waals surface area contributed by atoms with Crippen LogP contribution >= 0.6 is 15.9 Å². The molecule has 0 aliphatic rings. The van der Waals surface area contributed by atoms with E-state index in [1.807, 2.05) is 0 Å². The second kappa shape index (κ2) is 4.06. The molecule has 0 spiro atoms. The van der Waals surface area contributed by atoms with E-state index in [2.05, 4.69) is 25.9 Å². The number of hydrogen-bond acceptors (Lipinski definition) is 3. The minimum atomic E-state index is -0.330. The summed E-state index contributed by atoms with van der Waals surface area (Å²) in [4.78, 5) is 8.18. The van der Waals surface area contributed by atoms with E-state index in [9.17, 15) is 4.39 Å². The summed E-state index contributed by atoms with van der Waals surface area (Å²) < 4.78 is 15.8. The van der Waals surface area contributed by atoms with E-state index < -0.39 is 0 Å². The summed E-state index contributed by atoms with van der Waals surface area (Å²) in [5.74, 6) is -0.0344. The van der Waals surface area contributed by atoms with Gasteiger partial charge in [0.05, 0.1) is 17.4 Å². The van der Waals surface area contributed by atoms with Crippen LogP contribution in [-0.4, -0.2) is 14.5 Å². The number of hydrogen-bond donors (Lipinski definition) is 1. The molecule has 2 heterocycles. The van der Waals surface area contributed by atoms with Crippen molar-refractivity contribution in [2.75, 3.05) is 5.73 Å². The Bertz CT molecular complexity index is 738. The molecule has 4 nitrogen and oxygen atoms in total. The molecule has 3 rings (SSSR count). The maximum Gasteiger partial charge on any atom is 0.206 e. The number of halogens is 2. The fourth-order valence-electron chi connectivity index (χ4n) is 1.86. The van der Waals surface area contributed by atoms with Gasteiger partial charge in [-0.15, -0.1) is 0 Å². The first kappa shape index (κ1) is 11.2. The Morgan fingerprint density at radius 2 is 2.11 bits per heavy atom. The summed E-state index contributed by atoms with van der Waals surface area (Å²) in [5.41, 5.74) is 7.96. The SMILES string of the molecule is Nc1nc2cnccc2n1-c1cc(F)ccc1Br. The molecular formula is C12H8BrFN4. The smallest absolute Gasteiger partial charge is 0.206 e. The van der Waals surface area contributed by atoms with E-state index in [4.69, 9.17) is 5.73 Å². The standard InChI is InChI=1S/C12H8BrFN4/c13-8-2-1-7(14)5-11(8)18-10-3-4-16-6-9(10)17-12(18)15/h1-6H,(H2,15,17). The summed E-state index contributed by atoms with van der Waals surface area (Å²) in [6.45, 7) is 0. The molecule has 0 saturated carbocycles. The molecule has 0 atom stereocenters. The van der Waals surface area contributed by atoms with Gasteiger partial charge in [0.25, 0.3) is 0 Å². The third-order valence-electron chi connectivity index (χ3n) is 2.63. The molecule has 2 N–H and O–H groups in total. The lowest BCUT2D eigenvalue weighted by atomic mass is 10.3. The highest BCUT2D eigenvalue weighted by Crippen LogP contribution is 2.28. The van der Waals surface area contributed by atoms with Gasteiger partial charge in [-0.1, -0.05) is 0 Å². The minimum absolute atomic E-state index is 0.296. The molecule has 2 aromatic heterocycles. The number of pyridine rings is 1. The lowest BCUT2D eigenvalue weighted by molar-refractivity contribution is 0.626. The number of rotatable bonds is 1. The summed E-state index contributed by atoms with van der Waals surface area (Å²) in [5, 5.41) is 0. The molecule has 0 aliphatic heterocycles. The molecule has 3 aromatic rings. The second-order valence-electron chi connectivity index (χ2n) is 3.77. The van der Waals surface area contributed by atoms with E-state index in [1.54, 1.807) is 29.1 Å². The summed E-state index contributed by atoms with van der Waals surface area (Å²) in [7, 11) is 0. The van der Waals surface area contributed by atoms with Crippen LogP contribution in [0.15, 0.2) is 41.1 Å². The van der Waals surface area contributed by atoms with E-state index in [0.717, 1.165) is 9.99 Å². The Kier molecular flexibility index (Phi) is 2.52. The Morgan fingerprint density at radius 1 is 1.28 bits per heavy atom. The molecule has 1 aromatic carbocycles. The number of nitrogen functional groups attached to an aromatic ring is 1. The van der Waals surface area contributed by atoms with Crippen LogP contribution in [0.25, 0.3) is 16.7 Å². The van der Waals surface area contributed by atoms with Gasteiger partial charge >= 0.3 is 0 Å². The topological polar surface area (TPSA) is 56.7 Å². The number of anilines is 1. The van der Waals surface area contributed by atoms with Crippen LogP contribution in [0, 0.1) is 5.82 Å². The van der Waals surface area contributed by atoms with Gasteiger partial charge in [0, 0.05) is 10.7 Å². The molecule has 0 bridgehead atoms. The highest BCUT2D eigenvalue weighted by molar-refractivity contribution is 9.10. The predicted octanol–water partition coefficient (Wildman–Crippen LogP) is 2.90. The zero-order valence-corrected chi connectivity index (χ0v) is 10.7. The predicted molar refractivity (Wildman–Crippen MR) is 70.9 cm³/mol. The number of nitrogens with two attached hydrogens (primary N) is 1. The Hall–Kier alpha value is -1.95. The first-order valence-electron chi connectivity index (χ1n) is 5.20. The van der Waals surface area contributed by atoms with Gasteiger partial charge in [0.2, 0.25) is 5.95 Å². The van der Waals surface area contributed by atoms with Crippen LogP contribution in [0.1, 0.15) is 0 Å². The lowest BCUT2D eigenvalue weighted by Gasteiger charge is -2.08. The van der Waals surface area contributed by atoms with Crippen molar-refractivity contribution >= 4 is 32.9 Å². The van der Waals surface area contributed by atoms with Crippen molar-refractivity contribution in [3.63, 3.8) is 0 Å². The normalized spacial score (nSPS) is 11.0. The number of aromatic nitrogens is 3. The zero-order valence-electron chi connectivity index (χ0n) is 9.14. The molecule has 0 aliphatic carbocycles. The van der Waals surface area contributed by atoms with E-state index >= 15 is 0 Å². The van der Waals surface area contributed by atoms with Gasteiger partial charge in [-0.3, -0.25) is 9.55 Å². The van der Waals surface area contributed by atoms with Crippen molar-refractivity contribution in [1.29, 1.82) is 0 Å². The number of imidazole rings is 1. The van der Waals surface area contributed by atoms with Crippen LogP contribution in [-0.2, 0) is 0 Å². The molecule has 0 amide bonds. The first-order chi connectivity index (χ1) is 8.66. The molecule has 6 heteroatoms. The van der Waals surface area contributed by atoms with Gasteiger partial charge in [0.15, 0.2) is 0 Å². The van der Waals surface area contributed by atoms with Crippen LogP contribution in [0.3, 0.4) is 0 Å². The van der Waals surface area contributed by atoms with Crippen molar-refractivity contribution in [2.24, 2.45) is 0 Å². The summed E-state index contributed by atoms with van der Waals surface area (Å²) in [6, 6.07) is 6.21. The lowest BCUT2D eigenvalue weighted by Crippen LogP contribution is -2.01. The zero-order chi connectivity index (χ0) is 12.7. The Labute approximate surface area is 110 Å². The van der Waals surface area contributed by atoms with E-state index in [-0.39, 0.29) is 5.82 Å². The quantitative estimate of drug-likeness (QED) is 0.752. The number of nitrogens with zero attached hydrogens (tertiary/aromatic N) is 3. The van der Waals surface area contributed by atoms with Gasteiger partial charge in [-0.25, -0.2) is 9.37 Å². The molecular weight excluding hydrogens is 299 g/mol. The molecule has 0 saturated heterocycles. The van der Waals surface area contributed by atoms with Crippen molar-refractivity contribution in [3.8, 4) is 5.69 Å². The van der Waals surface area contributed by atoms with E-state index in [0.29, 0.717) is 17.2 Å². The van der Waals surface area contributed by atoms with E-state index in [1.165, 1.54) is 12.1 Å². The van der Waals surface area contributed by atoms with Crippen molar-refractivity contribution in [3.05, 3.63) is 46.9 Å². The third-order valence-corrected chi connectivity index (χ3v) is 3.30. The average Bonchev–Trinajstić information content (AvgIpc) is 2.68. The first-order valence-corrected chi connectivity index (χ1v) is 5.99. The van der Waals surface area contributed by atoms with Gasteiger partial charge < -0.3 is 5.73 Å². The number of benzene rings is 1. The summed E-state index contributed by atoms with van der Waals surface area (Å²) in [6.07, 6.45) is 3.27. The van der Waals surface area contributed by atoms with Crippen LogP contribution < -0.4 is 5.73 Å². The highest BCUT2D eigenvalue weighted by atomic mass is 79.9. The van der Waals surface area contributed by atoms with Crippen molar-refractivity contribution in [2.45, 2.75) is 0 Å². The van der Waals surface area contributed by atoms with Crippen LogP contribution in [0.4, 0.5) is 10.3 Å². The molecule has 0 radical (unpaired) electrons. The maximum absolute atomic E-state index is 13.4. The molecule has 0 fully saturated rings. The highest BCUT2D eigenvalue weighted by Gasteiger charge is 2.12. The second-order valence-corrected chi connectivity index (χ2v) is 4.62. The molecule has 0 unspecified atom stereocenters. The third kappa shape index (κ3) is 1.65. The van der Waals surface area contributed by atoms with Crippen molar-refractivity contribution < 1.29 is 4.39 Å². The molecule has 90 valence electrons. The van der Waals surface area contributed by atoms with Crippen LogP contribution in [0.5, 0.6) is 0 Å².